The minimum Gasteiger partial charge on any atom is -0.385 e. The van der Waals surface area contributed by atoms with Crippen LogP contribution in [0.1, 0.15) is 48.4 Å². The molecule has 3 heterocycles. The number of aryl methyl sites for hydroxylation is 2. The number of carbonyl (C=O) groups excluding carboxylic acids is 2. The van der Waals surface area contributed by atoms with Crippen molar-refractivity contribution in [1.82, 2.24) is 14.8 Å². The van der Waals surface area contributed by atoms with Crippen LogP contribution < -0.4 is 16.0 Å². The maximum absolute atomic E-state index is 13.4. The molecule has 0 aliphatic carbocycles. The van der Waals surface area contributed by atoms with E-state index < -0.39 is 0 Å². The molecule has 0 spiro atoms. The number of hydrogen-bond donors (Lipinski definition) is 2. The normalized spacial score (nSPS) is 18.5. The van der Waals surface area contributed by atoms with Gasteiger partial charge in [-0.2, -0.15) is 0 Å². The van der Waals surface area contributed by atoms with E-state index in [1.54, 1.807) is 12.0 Å². The van der Waals surface area contributed by atoms with Gasteiger partial charge in [-0.1, -0.05) is 30.3 Å². The van der Waals surface area contributed by atoms with Crippen molar-refractivity contribution >= 4 is 28.5 Å². The van der Waals surface area contributed by atoms with E-state index in [1.165, 1.54) is 22.2 Å². The number of rotatable bonds is 10. The highest BCUT2D eigenvalue weighted by atomic mass is 16.5. The summed E-state index contributed by atoms with van der Waals surface area (Å²) in [7, 11) is 1.75. The van der Waals surface area contributed by atoms with Crippen molar-refractivity contribution in [1.29, 1.82) is 0 Å². The Bertz CT molecular complexity index is 1300. The lowest BCUT2D eigenvalue weighted by Crippen LogP contribution is -2.42. The molecular weight excluding hydrogens is 490 g/mol. The fourth-order valence-electron chi connectivity index (χ4n) is 6.32. The van der Waals surface area contributed by atoms with Gasteiger partial charge in [0.05, 0.1) is 0 Å². The maximum atomic E-state index is 13.4. The Morgan fingerprint density at radius 1 is 1.15 bits per heavy atom. The van der Waals surface area contributed by atoms with Gasteiger partial charge in [-0.05, 0) is 61.9 Å². The number of aromatic nitrogens is 1. The molecule has 3 amide bonds. The lowest BCUT2D eigenvalue weighted by Gasteiger charge is -2.34. The Morgan fingerprint density at radius 2 is 1.95 bits per heavy atom. The van der Waals surface area contributed by atoms with Crippen molar-refractivity contribution in [3.8, 4) is 0 Å². The zero-order chi connectivity index (χ0) is 27.4. The second-order valence-corrected chi connectivity index (χ2v) is 10.9. The second-order valence-electron chi connectivity index (χ2n) is 10.9. The first-order valence-corrected chi connectivity index (χ1v) is 14.2. The van der Waals surface area contributed by atoms with Crippen LogP contribution in [0, 0.1) is 6.92 Å². The number of nitrogens with one attached hydrogen (secondary N) is 1. The number of benzene rings is 2. The van der Waals surface area contributed by atoms with Gasteiger partial charge in [-0.3, -0.25) is 9.69 Å². The fourth-order valence-corrected chi connectivity index (χ4v) is 6.32. The number of hydrogen-bond acceptors (Lipinski definition) is 4. The van der Waals surface area contributed by atoms with Crippen LogP contribution in [-0.2, 0) is 22.5 Å². The third kappa shape index (κ3) is 5.97. The van der Waals surface area contributed by atoms with E-state index >= 15 is 0 Å². The molecule has 0 radical (unpaired) electrons. The summed E-state index contributed by atoms with van der Waals surface area (Å²) in [4.78, 5) is 29.0. The van der Waals surface area contributed by atoms with E-state index in [-0.39, 0.29) is 18.0 Å². The first-order chi connectivity index (χ1) is 19.0. The highest BCUT2D eigenvalue weighted by molar-refractivity contribution is 5.94. The number of urea groups is 1. The van der Waals surface area contributed by atoms with Crippen molar-refractivity contribution in [3.63, 3.8) is 0 Å². The van der Waals surface area contributed by atoms with Gasteiger partial charge in [-0.25, -0.2) is 4.79 Å². The molecule has 2 fully saturated rings. The zero-order valence-corrected chi connectivity index (χ0v) is 23.2. The van der Waals surface area contributed by atoms with Gasteiger partial charge >= 0.3 is 6.03 Å². The molecular formula is C31H41N5O3. The van der Waals surface area contributed by atoms with Crippen molar-refractivity contribution in [2.75, 3.05) is 44.8 Å². The predicted molar refractivity (Wildman–Crippen MR) is 155 cm³/mol. The molecule has 8 nitrogen and oxygen atoms in total. The molecule has 5 rings (SSSR count). The number of piperidine rings is 1. The van der Waals surface area contributed by atoms with Crippen molar-refractivity contribution in [2.45, 2.75) is 57.5 Å². The third-order valence-corrected chi connectivity index (χ3v) is 8.20. The number of para-hydroxylation sites is 1. The van der Waals surface area contributed by atoms with Crippen LogP contribution in [0.3, 0.4) is 0 Å². The summed E-state index contributed by atoms with van der Waals surface area (Å²) in [6.07, 6.45) is 3.99. The van der Waals surface area contributed by atoms with Crippen molar-refractivity contribution in [3.05, 3.63) is 65.4 Å². The fraction of sp³-hybridized carbons (Fsp3) is 0.484. The van der Waals surface area contributed by atoms with Gasteiger partial charge in [0.25, 0.3) is 0 Å². The van der Waals surface area contributed by atoms with E-state index in [0.29, 0.717) is 31.8 Å². The lowest BCUT2D eigenvalue weighted by molar-refractivity contribution is -0.132. The van der Waals surface area contributed by atoms with E-state index in [0.717, 1.165) is 56.8 Å². The number of fused-ring (bicyclic) bond motifs is 1. The van der Waals surface area contributed by atoms with Crippen molar-refractivity contribution in [2.24, 2.45) is 5.73 Å². The van der Waals surface area contributed by atoms with Crippen LogP contribution >= 0.6 is 0 Å². The molecule has 2 aliphatic rings. The highest BCUT2D eigenvalue weighted by Crippen LogP contribution is 2.36. The van der Waals surface area contributed by atoms with Gasteiger partial charge in [0.2, 0.25) is 5.91 Å². The molecule has 39 heavy (non-hydrogen) atoms. The molecule has 2 saturated heterocycles. The summed E-state index contributed by atoms with van der Waals surface area (Å²) in [5.74, 6) is 0.446. The van der Waals surface area contributed by atoms with Crippen LogP contribution in [-0.4, -0.2) is 67.3 Å². The Morgan fingerprint density at radius 3 is 2.69 bits per heavy atom. The molecule has 3 N–H and O–H groups in total. The second kappa shape index (κ2) is 12.2. The van der Waals surface area contributed by atoms with E-state index in [2.05, 4.69) is 41.1 Å². The number of carbonyl (C=O) groups is 2. The summed E-state index contributed by atoms with van der Waals surface area (Å²) in [6.45, 7) is 6.74. The van der Waals surface area contributed by atoms with Crippen LogP contribution in [0.4, 0.5) is 10.5 Å². The molecule has 0 bridgehead atoms. The van der Waals surface area contributed by atoms with E-state index in [9.17, 15) is 9.59 Å². The largest absolute Gasteiger partial charge is 0.385 e. The smallest absolute Gasteiger partial charge is 0.321 e. The molecule has 208 valence electrons. The first-order valence-electron chi connectivity index (χ1n) is 14.2. The topological polar surface area (TPSA) is 92.8 Å². The maximum Gasteiger partial charge on any atom is 0.321 e. The van der Waals surface area contributed by atoms with Gasteiger partial charge in [0.1, 0.15) is 0 Å². The Labute approximate surface area is 231 Å². The molecule has 8 heteroatoms. The number of anilines is 1. The number of ether oxygens (including phenoxy) is 1. The Balaban J connectivity index is 1.23. The number of amides is 3. The lowest BCUT2D eigenvalue weighted by atomic mass is 9.91. The minimum absolute atomic E-state index is 0.0598. The van der Waals surface area contributed by atoms with Crippen molar-refractivity contribution < 1.29 is 14.3 Å². The summed E-state index contributed by atoms with van der Waals surface area (Å²) in [5.41, 5.74) is 12.4. The monoisotopic (exact) mass is 531 g/mol. The first kappa shape index (κ1) is 27.2. The average molecular weight is 532 g/mol. The summed E-state index contributed by atoms with van der Waals surface area (Å²) >= 11 is 0. The molecule has 2 aliphatic heterocycles. The van der Waals surface area contributed by atoms with Crippen LogP contribution in [0.5, 0.6) is 0 Å². The van der Waals surface area contributed by atoms with E-state index in [4.69, 9.17) is 10.5 Å². The van der Waals surface area contributed by atoms with E-state index in [1.807, 2.05) is 29.2 Å². The number of nitrogens with zero attached hydrogens (tertiary/aromatic N) is 3. The number of methoxy groups -OCH3 is 1. The van der Waals surface area contributed by atoms with Gasteiger partial charge < -0.3 is 25.3 Å². The number of likely N-dealkylation sites (tertiary alicyclic amines) is 1. The van der Waals surface area contributed by atoms with Gasteiger partial charge in [-0.15, -0.1) is 0 Å². The quantitative estimate of drug-likeness (QED) is 0.384. The van der Waals surface area contributed by atoms with Gasteiger partial charge in [0.15, 0.2) is 0 Å². The molecule has 3 aromatic rings. The SMILES string of the molecule is COCCCn1c([C@@H]2CCCN(C(=O)C[C@H](N)Cc3ccc(N4CCNC4=O)cc3)C2)c(C)c2ccccc21. The van der Waals surface area contributed by atoms with Gasteiger partial charge in [0, 0.05) is 87.1 Å². The molecule has 0 unspecified atom stereocenters. The Kier molecular flexibility index (Phi) is 8.53. The standard InChI is InChI=1S/C31H41N5O3/c1-22-27-8-3-4-9-28(27)36(16-6-18-39-2)30(22)24-7-5-15-34(21-24)29(37)20-25(32)19-23-10-12-26(13-11-23)35-17-14-33-31(35)38/h3-4,8-13,24-25H,5-7,14-21,32H2,1-2H3,(H,33,38)/t24-,25-/m1/s1. The highest BCUT2D eigenvalue weighted by Gasteiger charge is 2.30. The molecule has 1 aromatic heterocycles. The minimum atomic E-state index is -0.249. The summed E-state index contributed by atoms with van der Waals surface area (Å²) < 4.78 is 7.79. The number of nitrogens with two attached hydrogens (primary N) is 1. The Hall–Kier alpha value is -3.36. The molecule has 2 aromatic carbocycles. The average Bonchev–Trinajstić information content (AvgIpc) is 3.50. The summed E-state index contributed by atoms with van der Waals surface area (Å²) in [6, 6.07) is 16.2. The summed E-state index contributed by atoms with van der Waals surface area (Å²) in [5, 5.41) is 4.12. The molecule has 0 saturated carbocycles. The molecule has 2 atom stereocenters. The predicted octanol–water partition coefficient (Wildman–Crippen LogP) is 4.18. The van der Waals surface area contributed by atoms with Crippen LogP contribution in [0.15, 0.2) is 48.5 Å². The third-order valence-electron chi connectivity index (χ3n) is 8.20. The van der Waals surface area contributed by atoms with Crippen LogP contribution in [0.2, 0.25) is 0 Å². The zero-order valence-electron chi connectivity index (χ0n) is 23.2. The van der Waals surface area contributed by atoms with Crippen LogP contribution in [0.25, 0.3) is 10.9 Å².